The molecule has 1 nitrogen and oxygen atoms in total. The minimum atomic E-state index is -0.156. The summed E-state index contributed by atoms with van der Waals surface area (Å²) in [5.74, 6) is 0. The molecule has 8 aromatic rings. The minimum Gasteiger partial charge on any atom is -0.310 e. The van der Waals surface area contributed by atoms with Crippen molar-refractivity contribution in [1.29, 1.82) is 0 Å². The first-order valence-corrected chi connectivity index (χ1v) is 18.0. The van der Waals surface area contributed by atoms with Crippen molar-refractivity contribution in [3.63, 3.8) is 0 Å². The molecule has 0 N–H and O–H groups in total. The van der Waals surface area contributed by atoms with Crippen LogP contribution in [0.5, 0.6) is 0 Å². The summed E-state index contributed by atoms with van der Waals surface area (Å²) in [6.07, 6.45) is 0. The quantitative estimate of drug-likeness (QED) is 0.172. The van der Waals surface area contributed by atoms with Crippen LogP contribution in [0, 0.1) is 0 Å². The van der Waals surface area contributed by atoms with E-state index in [1.807, 2.05) is 0 Å². The molecule has 0 heterocycles. The van der Waals surface area contributed by atoms with Crippen LogP contribution < -0.4 is 4.90 Å². The summed E-state index contributed by atoms with van der Waals surface area (Å²) in [5, 5.41) is 5.19. The standard InChI is InChI=1S/C50H41N/c1-49(2,40-22-18-35-14-8-9-16-38(35)32-40)39-23-27-42(28-24-39)51(41-25-19-36(20-26-41)34-12-6-5-7-13-34)43-29-31-45-46-30-21-37-15-10-11-17-44(37)48(46)50(3,4)47(45)33-43/h5-33H,1-4H3. The lowest BCUT2D eigenvalue weighted by Crippen LogP contribution is -2.19. The summed E-state index contributed by atoms with van der Waals surface area (Å²) in [5.41, 5.74) is 13.6. The number of benzene rings is 8. The zero-order valence-corrected chi connectivity index (χ0v) is 29.7. The smallest absolute Gasteiger partial charge is 0.0465 e. The van der Waals surface area contributed by atoms with Crippen molar-refractivity contribution >= 4 is 38.6 Å². The number of fused-ring (bicyclic) bond motifs is 6. The zero-order chi connectivity index (χ0) is 34.7. The Labute approximate surface area is 301 Å². The molecule has 0 spiro atoms. The maximum Gasteiger partial charge on any atom is 0.0465 e. The van der Waals surface area contributed by atoms with Gasteiger partial charge in [0.05, 0.1) is 0 Å². The molecule has 0 saturated carbocycles. The molecule has 246 valence electrons. The van der Waals surface area contributed by atoms with Gasteiger partial charge >= 0.3 is 0 Å². The van der Waals surface area contributed by atoms with Gasteiger partial charge in [0.25, 0.3) is 0 Å². The Morgan fingerprint density at radius 3 is 1.73 bits per heavy atom. The summed E-state index contributed by atoms with van der Waals surface area (Å²) in [6, 6.07) is 64.8. The lowest BCUT2D eigenvalue weighted by molar-refractivity contribution is 0.642. The summed E-state index contributed by atoms with van der Waals surface area (Å²) in [4.78, 5) is 2.42. The third-order valence-electron chi connectivity index (χ3n) is 11.3. The van der Waals surface area contributed by atoms with E-state index in [0.717, 1.165) is 17.1 Å². The Hall–Kier alpha value is -5.92. The van der Waals surface area contributed by atoms with E-state index in [4.69, 9.17) is 0 Å². The molecule has 0 saturated heterocycles. The highest BCUT2D eigenvalue weighted by molar-refractivity contribution is 5.98. The fraction of sp³-hybridized carbons (Fsp3) is 0.120. The molecule has 0 atom stereocenters. The van der Waals surface area contributed by atoms with Crippen LogP contribution in [0.4, 0.5) is 17.1 Å². The van der Waals surface area contributed by atoms with Crippen LogP contribution in [-0.2, 0) is 10.8 Å². The van der Waals surface area contributed by atoms with E-state index in [2.05, 4.69) is 209 Å². The molecule has 1 heteroatoms. The molecule has 0 unspecified atom stereocenters. The van der Waals surface area contributed by atoms with Crippen LogP contribution in [0.1, 0.15) is 49.9 Å². The molecule has 51 heavy (non-hydrogen) atoms. The second kappa shape index (κ2) is 11.9. The van der Waals surface area contributed by atoms with E-state index in [0.29, 0.717) is 0 Å². The summed E-state index contributed by atoms with van der Waals surface area (Å²) < 4.78 is 0. The monoisotopic (exact) mass is 655 g/mol. The Morgan fingerprint density at radius 2 is 0.980 bits per heavy atom. The minimum absolute atomic E-state index is 0.141. The van der Waals surface area contributed by atoms with Crippen LogP contribution in [0.2, 0.25) is 0 Å². The molecule has 0 aromatic heterocycles. The number of nitrogens with zero attached hydrogens (tertiary/aromatic N) is 1. The summed E-state index contributed by atoms with van der Waals surface area (Å²) >= 11 is 0. The maximum atomic E-state index is 2.43. The third kappa shape index (κ3) is 5.15. The third-order valence-corrected chi connectivity index (χ3v) is 11.3. The normalized spacial score (nSPS) is 13.3. The van der Waals surface area contributed by atoms with Crippen LogP contribution in [0.15, 0.2) is 176 Å². The van der Waals surface area contributed by atoms with Crippen LogP contribution >= 0.6 is 0 Å². The van der Waals surface area contributed by atoms with Gasteiger partial charge in [-0.2, -0.15) is 0 Å². The molecule has 9 rings (SSSR count). The lowest BCUT2D eigenvalue weighted by atomic mass is 9.77. The van der Waals surface area contributed by atoms with Gasteiger partial charge in [0, 0.05) is 27.9 Å². The largest absolute Gasteiger partial charge is 0.310 e. The summed E-state index contributed by atoms with van der Waals surface area (Å²) in [7, 11) is 0. The van der Waals surface area contributed by atoms with Gasteiger partial charge in [0.15, 0.2) is 0 Å². The second-order valence-electron chi connectivity index (χ2n) is 15.0. The van der Waals surface area contributed by atoms with Gasteiger partial charge in [0.2, 0.25) is 0 Å². The molecule has 1 aliphatic carbocycles. The lowest BCUT2D eigenvalue weighted by Gasteiger charge is -2.30. The fourth-order valence-electron chi connectivity index (χ4n) is 8.38. The Balaban J connectivity index is 1.14. The Morgan fingerprint density at radius 1 is 0.431 bits per heavy atom. The van der Waals surface area contributed by atoms with Crippen molar-refractivity contribution in [3.8, 4) is 22.3 Å². The van der Waals surface area contributed by atoms with E-state index in [1.165, 1.54) is 66.1 Å². The molecule has 0 amide bonds. The second-order valence-corrected chi connectivity index (χ2v) is 15.0. The number of anilines is 3. The predicted octanol–water partition coefficient (Wildman–Crippen LogP) is 13.8. The molecule has 0 bridgehead atoms. The highest BCUT2D eigenvalue weighted by Gasteiger charge is 2.37. The Bertz CT molecular complexity index is 2560. The van der Waals surface area contributed by atoms with Crippen LogP contribution in [0.3, 0.4) is 0 Å². The van der Waals surface area contributed by atoms with Crippen molar-refractivity contribution in [1.82, 2.24) is 0 Å². The van der Waals surface area contributed by atoms with Crippen molar-refractivity contribution in [3.05, 3.63) is 198 Å². The molecular formula is C50H41N. The van der Waals surface area contributed by atoms with E-state index in [9.17, 15) is 0 Å². The average Bonchev–Trinajstić information content (AvgIpc) is 3.41. The van der Waals surface area contributed by atoms with Crippen molar-refractivity contribution in [2.75, 3.05) is 4.90 Å². The van der Waals surface area contributed by atoms with E-state index >= 15 is 0 Å². The van der Waals surface area contributed by atoms with Gasteiger partial charge in [-0.3, -0.25) is 0 Å². The first-order chi connectivity index (χ1) is 24.8. The van der Waals surface area contributed by atoms with Crippen molar-refractivity contribution < 1.29 is 0 Å². The molecule has 1 aliphatic rings. The topological polar surface area (TPSA) is 3.24 Å². The molecule has 8 aromatic carbocycles. The van der Waals surface area contributed by atoms with Crippen molar-refractivity contribution in [2.45, 2.75) is 38.5 Å². The van der Waals surface area contributed by atoms with Gasteiger partial charge in [-0.05, 0) is 102 Å². The van der Waals surface area contributed by atoms with Crippen LogP contribution in [0.25, 0.3) is 43.8 Å². The number of hydrogen-bond donors (Lipinski definition) is 0. The van der Waals surface area contributed by atoms with E-state index < -0.39 is 0 Å². The van der Waals surface area contributed by atoms with Crippen LogP contribution in [-0.4, -0.2) is 0 Å². The fourth-order valence-corrected chi connectivity index (χ4v) is 8.38. The average molecular weight is 656 g/mol. The summed E-state index contributed by atoms with van der Waals surface area (Å²) in [6.45, 7) is 9.43. The van der Waals surface area contributed by atoms with Gasteiger partial charge < -0.3 is 4.90 Å². The zero-order valence-electron chi connectivity index (χ0n) is 29.7. The maximum absolute atomic E-state index is 2.43. The number of hydrogen-bond acceptors (Lipinski definition) is 1. The van der Waals surface area contributed by atoms with Gasteiger partial charge in [-0.1, -0.05) is 167 Å². The predicted molar refractivity (Wildman–Crippen MR) is 218 cm³/mol. The highest BCUT2D eigenvalue weighted by Crippen LogP contribution is 2.53. The Kier molecular flexibility index (Phi) is 7.22. The number of rotatable bonds is 6. The molecule has 0 fully saturated rings. The molecular weight excluding hydrogens is 615 g/mol. The van der Waals surface area contributed by atoms with Gasteiger partial charge in [0.1, 0.15) is 0 Å². The molecule has 0 radical (unpaired) electrons. The van der Waals surface area contributed by atoms with E-state index in [1.54, 1.807) is 0 Å². The van der Waals surface area contributed by atoms with Gasteiger partial charge in [-0.25, -0.2) is 0 Å². The SMILES string of the molecule is CC(C)(c1ccc(N(c2ccc(-c3ccccc3)cc2)c2ccc3c(c2)C(C)(C)c2c-3ccc3ccccc23)cc1)c1ccc2ccccc2c1. The van der Waals surface area contributed by atoms with E-state index in [-0.39, 0.29) is 10.8 Å². The van der Waals surface area contributed by atoms with Crippen molar-refractivity contribution in [2.24, 2.45) is 0 Å². The van der Waals surface area contributed by atoms with Gasteiger partial charge in [-0.15, -0.1) is 0 Å². The first-order valence-electron chi connectivity index (χ1n) is 18.0. The first kappa shape index (κ1) is 31.1. The molecule has 0 aliphatic heterocycles. The highest BCUT2D eigenvalue weighted by atomic mass is 15.1.